The van der Waals surface area contributed by atoms with Crippen LogP contribution in [0.5, 0.6) is 0 Å². The van der Waals surface area contributed by atoms with Crippen LogP contribution in [0.1, 0.15) is 34.5 Å². The van der Waals surface area contributed by atoms with Gasteiger partial charge in [-0.1, -0.05) is 6.07 Å². The van der Waals surface area contributed by atoms with Gasteiger partial charge in [0.25, 0.3) is 5.91 Å². The first-order chi connectivity index (χ1) is 18.2. The van der Waals surface area contributed by atoms with Crippen LogP contribution in [0.3, 0.4) is 0 Å². The highest BCUT2D eigenvalue weighted by Crippen LogP contribution is 2.31. The summed E-state index contributed by atoms with van der Waals surface area (Å²) in [4.78, 5) is 41.2. The monoisotopic (exact) mass is 518 g/mol. The van der Waals surface area contributed by atoms with E-state index in [0.29, 0.717) is 40.2 Å². The quantitative estimate of drug-likeness (QED) is 0.347. The first kappa shape index (κ1) is 25.0. The first-order valence-corrected chi connectivity index (χ1v) is 11.7. The van der Waals surface area contributed by atoms with E-state index >= 15 is 0 Å². The Kier molecular flexibility index (Phi) is 6.58. The number of amides is 2. The van der Waals surface area contributed by atoms with Crippen molar-refractivity contribution in [1.29, 1.82) is 0 Å². The third-order valence-corrected chi connectivity index (χ3v) is 5.96. The van der Waals surface area contributed by atoms with E-state index in [1.807, 2.05) is 6.92 Å². The van der Waals surface area contributed by atoms with E-state index in [9.17, 15) is 22.8 Å². The maximum atomic E-state index is 13.0. The number of pyridine rings is 2. The van der Waals surface area contributed by atoms with Crippen molar-refractivity contribution >= 4 is 23.3 Å². The lowest BCUT2D eigenvalue weighted by atomic mass is 10.0. The van der Waals surface area contributed by atoms with E-state index in [0.717, 1.165) is 24.6 Å². The third-order valence-electron chi connectivity index (χ3n) is 5.96. The fourth-order valence-corrected chi connectivity index (χ4v) is 3.77. The molecule has 0 unspecified atom stereocenters. The number of halogens is 3. The van der Waals surface area contributed by atoms with Crippen molar-refractivity contribution in [2.75, 3.05) is 10.6 Å². The highest BCUT2D eigenvalue weighted by molar-refractivity contribution is 6.04. The predicted octanol–water partition coefficient (Wildman–Crippen LogP) is 5.53. The van der Waals surface area contributed by atoms with Gasteiger partial charge in [-0.15, -0.1) is 0 Å². The highest BCUT2D eigenvalue weighted by Gasteiger charge is 2.33. The summed E-state index contributed by atoms with van der Waals surface area (Å²) in [5, 5.41) is 5.44. The Bertz CT molecular complexity index is 1540. The number of benzene rings is 1. The SMILES string of the molecule is Cc1ccc(NC(=O)c2ccnc(C(F)(F)F)c2)cc1-c1ccnc(-c2ccnc(NC(=O)C3CC3)c2)n1. The standard InChI is InChI=1S/C27H21F3N6O2/c1-15-2-5-19(34-26(38)18-7-9-31-22(12-18)27(28,29)30)14-20(15)21-8-11-33-24(35-21)17-6-10-32-23(13-17)36-25(37)16-3-4-16/h2,5-14,16H,3-4H2,1H3,(H,34,38)(H,32,36,37). The van der Waals surface area contributed by atoms with Gasteiger partial charge in [-0.25, -0.2) is 15.0 Å². The molecule has 0 radical (unpaired) electrons. The molecule has 3 heterocycles. The van der Waals surface area contributed by atoms with Crippen molar-refractivity contribution in [3.05, 3.63) is 83.9 Å². The number of rotatable bonds is 6. The van der Waals surface area contributed by atoms with Crippen LogP contribution in [-0.2, 0) is 11.0 Å². The maximum absolute atomic E-state index is 13.0. The summed E-state index contributed by atoms with van der Waals surface area (Å²) in [6.45, 7) is 1.87. The molecule has 1 fully saturated rings. The fraction of sp³-hybridized carbons (Fsp3) is 0.185. The van der Waals surface area contributed by atoms with E-state index in [1.165, 1.54) is 6.07 Å². The lowest BCUT2D eigenvalue weighted by Crippen LogP contribution is -2.15. The molecule has 2 amide bonds. The van der Waals surface area contributed by atoms with Gasteiger partial charge in [-0.2, -0.15) is 13.2 Å². The van der Waals surface area contributed by atoms with E-state index < -0.39 is 17.8 Å². The number of nitrogens with zero attached hydrogens (tertiary/aromatic N) is 4. The molecular formula is C27H21F3N6O2. The Hall–Kier alpha value is -4.67. The minimum atomic E-state index is -4.66. The van der Waals surface area contributed by atoms with Crippen LogP contribution >= 0.6 is 0 Å². The molecule has 1 aliphatic rings. The largest absolute Gasteiger partial charge is 0.433 e. The van der Waals surface area contributed by atoms with E-state index in [4.69, 9.17) is 0 Å². The summed E-state index contributed by atoms with van der Waals surface area (Å²) in [6.07, 6.45) is 1.22. The van der Waals surface area contributed by atoms with Crippen LogP contribution < -0.4 is 10.6 Å². The van der Waals surface area contributed by atoms with Crippen LogP contribution in [0.2, 0.25) is 0 Å². The zero-order valence-corrected chi connectivity index (χ0v) is 20.1. The molecule has 1 saturated carbocycles. The summed E-state index contributed by atoms with van der Waals surface area (Å²) in [7, 11) is 0. The van der Waals surface area contributed by atoms with Gasteiger partial charge in [0, 0.05) is 46.9 Å². The van der Waals surface area contributed by atoms with Crippen molar-refractivity contribution in [2.45, 2.75) is 25.9 Å². The number of alkyl halides is 3. The van der Waals surface area contributed by atoms with Gasteiger partial charge in [0.05, 0.1) is 5.69 Å². The number of aryl methyl sites for hydroxylation is 1. The van der Waals surface area contributed by atoms with Gasteiger partial charge in [-0.3, -0.25) is 14.6 Å². The summed E-state index contributed by atoms with van der Waals surface area (Å²) in [6, 6.07) is 12.2. The lowest BCUT2D eigenvalue weighted by molar-refractivity contribution is -0.141. The van der Waals surface area contributed by atoms with E-state index in [2.05, 4.69) is 30.6 Å². The van der Waals surface area contributed by atoms with Gasteiger partial charge < -0.3 is 10.6 Å². The summed E-state index contributed by atoms with van der Waals surface area (Å²) >= 11 is 0. The first-order valence-electron chi connectivity index (χ1n) is 11.7. The molecule has 1 aromatic carbocycles. The second-order valence-corrected chi connectivity index (χ2v) is 8.87. The topological polar surface area (TPSA) is 110 Å². The molecular weight excluding hydrogens is 497 g/mol. The molecule has 1 aliphatic carbocycles. The zero-order valence-electron chi connectivity index (χ0n) is 20.1. The molecule has 0 aliphatic heterocycles. The Labute approximate surface area is 215 Å². The predicted molar refractivity (Wildman–Crippen MR) is 134 cm³/mol. The number of aromatic nitrogens is 4. The number of nitrogens with one attached hydrogen (secondary N) is 2. The van der Waals surface area contributed by atoms with Crippen molar-refractivity contribution < 1.29 is 22.8 Å². The van der Waals surface area contributed by atoms with Crippen LogP contribution in [0, 0.1) is 12.8 Å². The van der Waals surface area contributed by atoms with Gasteiger partial charge >= 0.3 is 6.18 Å². The molecule has 5 rings (SSSR count). The fourth-order valence-electron chi connectivity index (χ4n) is 3.77. The normalized spacial score (nSPS) is 13.2. The van der Waals surface area contributed by atoms with Crippen molar-refractivity contribution in [1.82, 2.24) is 19.9 Å². The molecule has 0 saturated heterocycles. The summed E-state index contributed by atoms with van der Waals surface area (Å²) < 4.78 is 38.9. The highest BCUT2D eigenvalue weighted by atomic mass is 19.4. The average Bonchev–Trinajstić information content (AvgIpc) is 3.75. The lowest BCUT2D eigenvalue weighted by Gasteiger charge is -2.12. The number of hydrogen-bond acceptors (Lipinski definition) is 6. The minimum absolute atomic E-state index is 0.0426. The maximum Gasteiger partial charge on any atom is 0.433 e. The molecule has 11 heteroatoms. The smallest absolute Gasteiger partial charge is 0.322 e. The number of carbonyl (C=O) groups is 2. The van der Waals surface area contributed by atoms with Gasteiger partial charge in [0.2, 0.25) is 5.91 Å². The van der Waals surface area contributed by atoms with E-state index in [-0.39, 0.29) is 17.4 Å². The van der Waals surface area contributed by atoms with Crippen molar-refractivity contribution in [3.63, 3.8) is 0 Å². The number of hydrogen-bond donors (Lipinski definition) is 2. The summed E-state index contributed by atoms with van der Waals surface area (Å²) in [5.74, 6) is 0.117. The van der Waals surface area contributed by atoms with Gasteiger partial charge in [0.1, 0.15) is 11.5 Å². The van der Waals surface area contributed by atoms with Gasteiger partial charge in [0.15, 0.2) is 5.82 Å². The number of carbonyl (C=O) groups excluding carboxylic acids is 2. The van der Waals surface area contributed by atoms with E-state index in [1.54, 1.807) is 48.8 Å². The molecule has 3 aromatic heterocycles. The second-order valence-electron chi connectivity index (χ2n) is 8.87. The Morgan fingerprint density at radius 1 is 0.895 bits per heavy atom. The Morgan fingerprint density at radius 2 is 1.66 bits per heavy atom. The van der Waals surface area contributed by atoms with Gasteiger partial charge in [-0.05, 0) is 67.8 Å². The van der Waals surface area contributed by atoms with Crippen LogP contribution in [0.4, 0.5) is 24.7 Å². The number of anilines is 2. The molecule has 38 heavy (non-hydrogen) atoms. The molecule has 8 nitrogen and oxygen atoms in total. The summed E-state index contributed by atoms with van der Waals surface area (Å²) in [5.41, 5.74) is 1.88. The molecule has 0 bridgehead atoms. The molecule has 2 N–H and O–H groups in total. The van der Waals surface area contributed by atoms with Crippen LogP contribution in [0.15, 0.2) is 67.1 Å². The third kappa shape index (κ3) is 5.66. The van der Waals surface area contributed by atoms with Crippen LogP contribution in [0.25, 0.3) is 22.6 Å². The van der Waals surface area contributed by atoms with Crippen LogP contribution in [-0.4, -0.2) is 31.8 Å². The minimum Gasteiger partial charge on any atom is -0.322 e. The molecule has 0 atom stereocenters. The Morgan fingerprint density at radius 3 is 2.42 bits per heavy atom. The molecule has 0 spiro atoms. The molecule has 192 valence electrons. The average molecular weight is 518 g/mol. The zero-order chi connectivity index (χ0) is 26.9. The van der Waals surface area contributed by atoms with Crippen molar-refractivity contribution in [3.8, 4) is 22.6 Å². The Balaban J connectivity index is 1.38. The van der Waals surface area contributed by atoms with Crippen molar-refractivity contribution in [2.24, 2.45) is 5.92 Å². The molecule has 4 aromatic rings. The second kappa shape index (κ2) is 10.0.